The molecule has 0 bridgehead atoms. The van der Waals surface area contributed by atoms with Crippen molar-refractivity contribution in [2.75, 3.05) is 7.11 Å². The van der Waals surface area contributed by atoms with Crippen molar-refractivity contribution in [3.8, 4) is 0 Å². The van der Waals surface area contributed by atoms with Gasteiger partial charge in [0.15, 0.2) is 0 Å². The molecule has 1 amide bonds. The van der Waals surface area contributed by atoms with Crippen molar-refractivity contribution in [1.82, 2.24) is 5.32 Å². The zero-order valence-corrected chi connectivity index (χ0v) is 9.91. The van der Waals surface area contributed by atoms with Crippen LogP contribution in [0.15, 0.2) is 35.8 Å². The Morgan fingerprint density at radius 3 is 2.94 bits per heavy atom. The Morgan fingerprint density at radius 2 is 2.25 bits per heavy atom. The van der Waals surface area contributed by atoms with Gasteiger partial charge in [0, 0.05) is 12.1 Å². The third kappa shape index (κ3) is 1.31. The molecule has 1 aliphatic heterocycles. The summed E-state index contributed by atoms with van der Waals surface area (Å²) in [5.41, 5.74) is 0.835. The predicted octanol–water partition coefficient (Wildman–Crippen LogP) is 2.13. The minimum Gasteiger partial charge on any atom is -0.497 e. The lowest BCUT2D eigenvalue weighted by molar-refractivity contribution is -0.124. The third-order valence-electron chi connectivity index (χ3n) is 3.31. The quantitative estimate of drug-likeness (QED) is 0.733. The molecule has 16 heavy (non-hydrogen) atoms. The fourth-order valence-corrected chi connectivity index (χ4v) is 2.40. The summed E-state index contributed by atoms with van der Waals surface area (Å²) in [5, 5.41) is 2.77. The van der Waals surface area contributed by atoms with Crippen LogP contribution in [0.2, 0.25) is 0 Å². The van der Waals surface area contributed by atoms with Crippen LogP contribution in [0.1, 0.15) is 20.3 Å². The minimum atomic E-state index is -0.253. The lowest BCUT2D eigenvalue weighted by Crippen LogP contribution is -2.34. The minimum absolute atomic E-state index is 0.127. The number of ether oxygens (including phenoxy) is 1. The van der Waals surface area contributed by atoms with E-state index in [1.165, 1.54) is 0 Å². The van der Waals surface area contributed by atoms with Crippen LogP contribution >= 0.6 is 0 Å². The molecule has 1 heterocycles. The molecule has 3 nitrogen and oxygen atoms in total. The number of allylic oxidation sites excluding steroid dienone is 3. The predicted molar refractivity (Wildman–Crippen MR) is 62.3 cm³/mol. The number of amides is 1. The Labute approximate surface area is 95.9 Å². The first-order valence-corrected chi connectivity index (χ1v) is 5.73. The van der Waals surface area contributed by atoms with Crippen LogP contribution in [0.25, 0.3) is 0 Å². The van der Waals surface area contributed by atoms with Gasteiger partial charge in [-0.2, -0.15) is 0 Å². The van der Waals surface area contributed by atoms with Crippen molar-refractivity contribution in [3.63, 3.8) is 0 Å². The third-order valence-corrected chi connectivity index (χ3v) is 3.31. The number of carbonyl (C=O) groups excluding carboxylic acids is 1. The van der Waals surface area contributed by atoms with Crippen LogP contribution in [0.5, 0.6) is 0 Å². The van der Waals surface area contributed by atoms with Gasteiger partial charge in [-0.25, -0.2) is 0 Å². The van der Waals surface area contributed by atoms with Crippen molar-refractivity contribution in [2.24, 2.45) is 11.3 Å². The standard InChI is InChI=1S/C11H11NO2.C2H6/c1-14-9-4-7-2-3-12-10(13)11(7)6-8(11)5-9;1-2/h2-5,8H,6H2,1H3,(H,12,13);1-2H3. The summed E-state index contributed by atoms with van der Waals surface area (Å²) < 4.78 is 5.19. The second kappa shape index (κ2) is 3.81. The molecule has 2 unspecified atom stereocenters. The molecule has 2 aliphatic carbocycles. The van der Waals surface area contributed by atoms with Crippen LogP contribution in [0.3, 0.4) is 0 Å². The van der Waals surface area contributed by atoms with E-state index in [9.17, 15) is 4.79 Å². The van der Waals surface area contributed by atoms with Crippen molar-refractivity contribution in [3.05, 3.63) is 35.8 Å². The smallest absolute Gasteiger partial charge is 0.235 e. The van der Waals surface area contributed by atoms with E-state index in [2.05, 4.69) is 5.32 Å². The molecule has 86 valence electrons. The van der Waals surface area contributed by atoms with E-state index in [4.69, 9.17) is 4.74 Å². The van der Waals surface area contributed by atoms with Crippen LogP contribution in [-0.4, -0.2) is 13.0 Å². The van der Waals surface area contributed by atoms with E-state index < -0.39 is 0 Å². The Hall–Kier alpha value is -1.51. The zero-order valence-electron chi connectivity index (χ0n) is 9.91. The molecule has 0 aromatic carbocycles. The normalized spacial score (nSPS) is 33.2. The summed E-state index contributed by atoms with van der Waals surface area (Å²) in [4.78, 5) is 11.7. The molecule has 1 saturated carbocycles. The summed E-state index contributed by atoms with van der Waals surface area (Å²) in [6.07, 6.45) is 8.59. The average Bonchev–Trinajstić information content (AvgIpc) is 3.05. The van der Waals surface area contributed by atoms with Crippen LogP contribution < -0.4 is 5.32 Å². The van der Waals surface area contributed by atoms with Gasteiger partial charge >= 0.3 is 0 Å². The maximum Gasteiger partial charge on any atom is 0.235 e. The summed E-state index contributed by atoms with van der Waals surface area (Å²) in [6.45, 7) is 4.00. The van der Waals surface area contributed by atoms with Crippen LogP contribution in [0.4, 0.5) is 0 Å². The van der Waals surface area contributed by atoms with Crippen molar-refractivity contribution in [1.29, 1.82) is 0 Å². The van der Waals surface area contributed by atoms with Gasteiger partial charge in [0.2, 0.25) is 5.91 Å². The van der Waals surface area contributed by atoms with Gasteiger partial charge in [-0.1, -0.05) is 13.8 Å². The highest BCUT2D eigenvalue weighted by molar-refractivity contribution is 5.93. The van der Waals surface area contributed by atoms with Gasteiger partial charge in [0.1, 0.15) is 5.76 Å². The van der Waals surface area contributed by atoms with Gasteiger partial charge in [-0.3, -0.25) is 4.79 Å². The van der Waals surface area contributed by atoms with Crippen LogP contribution in [0, 0.1) is 11.3 Å². The zero-order chi connectivity index (χ0) is 11.8. The molecule has 1 spiro atoms. The molecule has 0 aromatic rings. The maximum absolute atomic E-state index is 11.7. The second-order valence-corrected chi connectivity index (χ2v) is 3.96. The molecule has 1 N–H and O–H groups in total. The monoisotopic (exact) mass is 219 g/mol. The summed E-state index contributed by atoms with van der Waals surface area (Å²) in [5.74, 6) is 1.34. The molecule has 1 fully saturated rings. The molecule has 3 aliphatic rings. The molecule has 3 rings (SSSR count). The Balaban J connectivity index is 0.000000457. The number of carbonyl (C=O) groups is 1. The number of methoxy groups -OCH3 is 1. The Bertz CT molecular complexity index is 406. The van der Waals surface area contributed by atoms with Crippen molar-refractivity contribution < 1.29 is 9.53 Å². The van der Waals surface area contributed by atoms with E-state index in [1.54, 1.807) is 13.3 Å². The van der Waals surface area contributed by atoms with Gasteiger partial charge in [0.05, 0.1) is 12.5 Å². The molecular formula is C13H17NO2. The van der Waals surface area contributed by atoms with Gasteiger partial charge in [-0.05, 0) is 30.2 Å². The van der Waals surface area contributed by atoms with E-state index in [-0.39, 0.29) is 11.3 Å². The molecular weight excluding hydrogens is 202 g/mol. The highest BCUT2D eigenvalue weighted by Gasteiger charge is 2.62. The number of rotatable bonds is 1. The highest BCUT2D eigenvalue weighted by Crippen LogP contribution is 2.62. The summed E-state index contributed by atoms with van der Waals surface area (Å²) >= 11 is 0. The van der Waals surface area contributed by atoms with E-state index in [0.29, 0.717) is 5.92 Å². The molecule has 0 radical (unpaired) electrons. The fourth-order valence-electron chi connectivity index (χ4n) is 2.40. The molecule has 3 heteroatoms. The second-order valence-electron chi connectivity index (χ2n) is 3.96. The Kier molecular flexibility index (Phi) is 2.62. The lowest BCUT2D eigenvalue weighted by Gasteiger charge is -2.23. The van der Waals surface area contributed by atoms with Gasteiger partial charge in [0.25, 0.3) is 0 Å². The van der Waals surface area contributed by atoms with E-state index in [1.807, 2.05) is 32.1 Å². The topological polar surface area (TPSA) is 38.3 Å². The van der Waals surface area contributed by atoms with Gasteiger partial charge in [-0.15, -0.1) is 0 Å². The number of hydrogen-bond acceptors (Lipinski definition) is 2. The summed E-state index contributed by atoms with van der Waals surface area (Å²) in [6, 6.07) is 0. The van der Waals surface area contributed by atoms with Gasteiger partial charge < -0.3 is 10.1 Å². The van der Waals surface area contributed by atoms with Crippen molar-refractivity contribution >= 4 is 5.91 Å². The van der Waals surface area contributed by atoms with E-state index in [0.717, 1.165) is 17.8 Å². The van der Waals surface area contributed by atoms with Crippen molar-refractivity contribution in [2.45, 2.75) is 20.3 Å². The fraction of sp³-hybridized carbons (Fsp3) is 0.462. The average molecular weight is 219 g/mol. The SMILES string of the molecule is CC.COC1=CC2CC23C(=O)NC=CC3=C1. The Morgan fingerprint density at radius 1 is 1.50 bits per heavy atom. The maximum atomic E-state index is 11.7. The molecule has 0 aromatic heterocycles. The highest BCUT2D eigenvalue weighted by atomic mass is 16.5. The lowest BCUT2D eigenvalue weighted by atomic mass is 9.86. The molecule has 0 saturated heterocycles. The summed E-state index contributed by atoms with van der Waals surface area (Å²) in [7, 11) is 1.66. The first-order valence-electron chi connectivity index (χ1n) is 5.73. The number of hydrogen-bond donors (Lipinski definition) is 1. The first kappa shape index (κ1) is 11.0. The van der Waals surface area contributed by atoms with Crippen LogP contribution in [-0.2, 0) is 9.53 Å². The largest absolute Gasteiger partial charge is 0.497 e. The number of nitrogens with one attached hydrogen (secondary N) is 1. The molecule has 2 atom stereocenters. The van der Waals surface area contributed by atoms with E-state index >= 15 is 0 Å². The first-order chi connectivity index (χ1) is 7.77.